The SMILES string of the molecule is CCOC(=O)c1ccc(N2C(=O)[C@@H]3[C@H]4C[C@H]([C@H]5ON=C(c6ccc(OC)cc6OC)[C@H]45)[C@@H]3C2=O)cc1. The van der Waals surface area contributed by atoms with Gasteiger partial charge in [0.05, 0.1) is 49.6 Å². The van der Waals surface area contributed by atoms with Gasteiger partial charge < -0.3 is 19.0 Å². The van der Waals surface area contributed by atoms with Crippen molar-refractivity contribution in [3.63, 3.8) is 0 Å². The minimum absolute atomic E-state index is 0.0571. The van der Waals surface area contributed by atoms with Gasteiger partial charge in [0.25, 0.3) is 0 Å². The number of amides is 2. The van der Waals surface area contributed by atoms with E-state index in [0.29, 0.717) is 22.7 Å². The molecule has 9 nitrogen and oxygen atoms in total. The first-order chi connectivity index (χ1) is 17.5. The molecule has 2 aliphatic carbocycles. The van der Waals surface area contributed by atoms with Crippen LogP contribution in [0.4, 0.5) is 5.69 Å². The zero-order chi connectivity index (χ0) is 25.1. The van der Waals surface area contributed by atoms with E-state index in [0.717, 1.165) is 17.7 Å². The first-order valence-electron chi connectivity index (χ1n) is 12.1. The van der Waals surface area contributed by atoms with E-state index in [1.807, 2.05) is 12.1 Å². The van der Waals surface area contributed by atoms with Crippen molar-refractivity contribution in [2.45, 2.75) is 19.4 Å². The van der Waals surface area contributed by atoms with Gasteiger partial charge in [-0.3, -0.25) is 14.5 Å². The topological polar surface area (TPSA) is 104 Å². The normalized spacial score (nSPS) is 29.5. The predicted octanol–water partition coefficient (Wildman–Crippen LogP) is 3.06. The number of hydrogen-bond acceptors (Lipinski definition) is 8. The van der Waals surface area contributed by atoms with Crippen molar-refractivity contribution in [3.05, 3.63) is 53.6 Å². The number of oxime groups is 1. The second-order valence-electron chi connectivity index (χ2n) is 9.53. The number of anilines is 1. The molecule has 2 aromatic rings. The van der Waals surface area contributed by atoms with E-state index in [1.54, 1.807) is 51.5 Å². The number of nitrogens with zero attached hydrogens (tertiary/aromatic N) is 2. The highest BCUT2D eigenvalue weighted by atomic mass is 16.6. The molecule has 0 aromatic heterocycles. The molecule has 36 heavy (non-hydrogen) atoms. The zero-order valence-electron chi connectivity index (χ0n) is 20.2. The summed E-state index contributed by atoms with van der Waals surface area (Å²) < 4.78 is 15.9. The Morgan fingerprint density at radius 1 is 1.00 bits per heavy atom. The summed E-state index contributed by atoms with van der Waals surface area (Å²) in [6.07, 6.45) is 0.496. The van der Waals surface area contributed by atoms with Crippen molar-refractivity contribution < 1.29 is 33.4 Å². The van der Waals surface area contributed by atoms with Crippen LogP contribution in [0.25, 0.3) is 0 Å². The summed E-state index contributed by atoms with van der Waals surface area (Å²) in [5.74, 6) is -0.661. The molecule has 0 radical (unpaired) electrons. The Hall–Kier alpha value is -3.88. The van der Waals surface area contributed by atoms with Gasteiger partial charge in [0.1, 0.15) is 17.6 Å². The summed E-state index contributed by atoms with van der Waals surface area (Å²) in [4.78, 5) is 46.3. The Morgan fingerprint density at radius 2 is 1.72 bits per heavy atom. The second-order valence-corrected chi connectivity index (χ2v) is 9.53. The lowest BCUT2D eigenvalue weighted by Crippen LogP contribution is -2.41. The standard InChI is InChI=1S/C27H26N2O7/c1-4-35-27(32)13-5-7-14(8-6-13)29-25(30)20-17-12-18(21(20)26(29)31)24-22(17)23(28-36-24)16-10-9-15(33-2)11-19(16)34-3/h5-11,17-18,20-22,24H,4,12H2,1-3H3/t17-,18+,20-,21+,22+,24-/m1/s1. The van der Waals surface area contributed by atoms with E-state index < -0.39 is 17.8 Å². The number of benzene rings is 2. The maximum absolute atomic E-state index is 13.6. The monoisotopic (exact) mass is 490 g/mol. The first kappa shape index (κ1) is 22.6. The highest BCUT2D eigenvalue weighted by molar-refractivity contribution is 6.23. The van der Waals surface area contributed by atoms with Crippen LogP contribution in [-0.2, 0) is 19.2 Å². The number of esters is 1. The number of hydrogen-bond donors (Lipinski definition) is 0. The summed E-state index contributed by atoms with van der Waals surface area (Å²) in [6, 6.07) is 11.9. The lowest BCUT2D eigenvalue weighted by Gasteiger charge is -2.30. The minimum Gasteiger partial charge on any atom is -0.497 e. The smallest absolute Gasteiger partial charge is 0.338 e. The lowest BCUT2D eigenvalue weighted by molar-refractivity contribution is -0.125. The maximum atomic E-state index is 13.6. The molecule has 6 atom stereocenters. The van der Waals surface area contributed by atoms with Crippen molar-refractivity contribution >= 4 is 29.2 Å². The molecule has 1 saturated heterocycles. The summed E-state index contributed by atoms with van der Waals surface area (Å²) in [5.41, 5.74) is 2.39. The van der Waals surface area contributed by atoms with Crippen LogP contribution in [-0.4, -0.2) is 50.4 Å². The lowest BCUT2D eigenvalue weighted by atomic mass is 9.71. The van der Waals surface area contributed by atoms with Crippen molar-refractivity contribution in [3.8, 4) is 11.5 Å². The fourth-order valence-corrected chi connectivity index (χ4v) is 6.57. The number of carbonyl (C=O) groups is 3. The Morgan fingerprint density at radius 3 is 2.39 bits per heavy atom. The van der Waals surface area contributed by atoms with E-state index in [9.17, 15) is 14.4 Å². The molecule has 6 rings (SSSR count). The molecular formula is C27H26N2O7. The van der Waals surface area contributed by atoms with Crippen LogP contribution in [0.5, 0.6) is 11.5 Å². The van der Waals surface area contributed by atoms with E-state index in [-0.39, 0.29) is 42.3 Å². The van der Waals surface area contributed by atoms with Gasteiger partial charge in [-0.1, -0.05) is 5.16 Å². The third kappa shape index (κ3) is 3.08. The van der Waals surface area contributed by atoms with Gasteiger partial charge in [-0.2, -0.15) is 0 Å². The minimum atomic E-state index is -0.441. The molecule has 4 aliphatic rings. The number of methoxy groups -OCH3 is 2. The van der Waals surface area contributed by atoms with Crippen LogP contribution in [0.3, 0.4) is 0 Å². The molecule has 2 aromatic carbocycles. The van der Waals surface area contributed by atoms with Crippen LogP contribution < -0.4 is 14.4 Å². The van der Waals surface area contributed by atoms with Crippen molar-refractivity contribution in [1.82, 2.24) is 0 Å². The molecule has 186 valence electrons. The third-order valence-electron chi connectivity index (χ3n) is 8.01. The third-order valence-corrected chi connectivity index (χ3v) is 8.01. The highest BCUT2D eigenvalue weighted by Crippen LogP contribution is 2.62. The largest absolute Gasteiger partial charge is 0.497 e. The Labute approximate surface area is 207 Å². The summed E-state index contributed by atoms with van der Waals surface area (Å²) in [6.45, 7) is 2.01. The van der Waals surface area contributed by atoms with Crippen LogP contribution in [0.15, 0.2) is 47.6 Å². The van der Waals surface area contributed by atoms with Crippen LogP contribution in [0.2, 0.25) is 0 Å². The molecule has 3 fully saturated rings. The van der Waals surface area contributed by atoms with Gasteiger partial charge in [-0.15, -0.1) is 0 Å². The molecule has 2 bridgehead atoms. The molecule has 2 aliphatic heterocycles. The molecular weight excluding hydrogens is 464 g/mol. The number of carbonyl (C=O) groups excluding carboxylic acids is 3. The predicted molar refractivity (Wildman–Crippen MR) is 128 cm³/mol. The molecule has 0 unspecified atom stereocenters. The van der Waals surface area contributed by atoms with Gasteiger partial charge in [0.2, 0.25) is 11.8 Å². The quantitative estimate of drug-likeness (QED) is 0.453. The van der Waals surface area contributed by atoms with Gasteiger partial charge in [-0.25, -0.2) is 4.79 Å². The van der Waals surface area contributed by atoms with Crippen molar-refractivity contribution in [2.75, 3.05) is 25.7 Å². The Kier molecular flexibility index (Phi) is 5.24. The molecule has 0 spiro atoms. The van der Waals surface area contributed by atoms with Crippen LogP contribution >= 0.6 is 0 Å². The average Bonchev–Trinajstić information content (AvgIpc) is 3.64. The zero-order valence-corrected chi connectivity index (χ0v) is 20.2. The van der Waals surface area contributed by atoms with Gasteiger partial charge in [-0.05, 0) is 55.7 Å². The number of ether oxygens (including phenoxy) is 3. The fourth-order valence-electron chi connectivity index (χ4n) is 6.57. The van der Waals surface area contributed by atoms with E-state index >= 15 is 0 Å². The summed E-state index contributed by atoms with van der Waals surface area (Å²) >= 11 is 0. The highest BCUT2D eigenvalue weighted by Gasteiger charge is 2.70. The van der Waals surface area contributed by atoms with Crippen LogP contribution in [0, 0.1) is 29.6 Å². The Balaban J connectivity index is 1.29. The summed E-state index contributed by atoms with van der Waals surface area (Å²) in [5, 5.41) is 4.41. The Bertz CT molecular complexity index is 1290. The number of imide groups is 1. The second kappa shape index (κ2) is 8.36. The van der Waals surface area contributed by atoms with E-state index in [4.69, 9.17) is 19.0 Å². The van der Waals surface area contributed by atoms with Gasteiger partial charge >= 0.3 is 5.97 Å². The van der Waals surface area contributed by atoms with E-state index in [2.05, 4.69) is 5.16 Å². The molecule has 2 heterocycles. The van der Waals surface area contributed by atoms with Crippen molar-refractivity contribution in [1.29, 1.82) is 0 Å². The molecule has 9 heteroatoms. The van der Waals surface area contributed by atoms with E-state index in [1.165, 1.54) is 4.90 Å². The summed E-state index contributed by atoms with van der Waals surface area (Å²) in [7, 11) is 3.18. The maximum Gasteiger partial charge on any atom is 0.338 e. The first-order valence-corrected chi connectivity index (χ1v) is 12.1. The fraction of sp³-hybridized carbons (Fsp3) is 0.407. The molecule has 0 N–H and O–H groups in total. The average molecular weight is 491 g/mol. The van der Waals surface area contributed by atoms with Gasteiger partial charge in [0, 0.05) is 23.5 Å². The molecule has 2 amide bonds. The number of rotatable bonds is 6. The number of fused-ring (bicyclic) bond motifs is 8. The van der Waals surface area contributed by atoms with Crippen LogP contribution in [0.1, 0.15) is 29.3 Å². The van der Waals surface area contributed by atoms with Crippen molar-refractivity contribution in [2.24, 2.45) is 34.7 Å². The molecule has 2 saturated carbocycles. The van der Waals surface area contributed by atoms with Gasteiger partial charge in [0.15, 0.2) is 0 Å².